The number of hydrogen-bond donors (Lipinski definition) is 2. The van der Waals surface area contributed by atoms with Gasteiger partial charge in [-0.3, -0.25) is 4.90 Å². The first-order valence-corrected chi connectivity index (χ1v) is 7.06. The number of benzene rings is 1. The van der Waals surface area contributed by atoms with Crippen molar-refractivity contribution in [2.45, 2.75) is 6.04 Å². The summed E-state index contributed by atoms with van der Waals surface area (Å²) in [5, 5.41) is 14.1. The molecular formula is C13H18BrCl3N2O. The topological polar surface area (TPSA) is 35.5 Å². The second kappa shape index (κ2) is 9.13. The molecule has 1 fully saturated rings. The van der Waals surface area contributed by atoms with Gasteiger partial charge < -0.3 is 10.4 Å². The summed E-state index contributed by atoms with van der Waals surface area (Å²) in [4.78, 5) is 2.26. The summed E-state index contributed by atoms with van der Waals surface area (Å²) >= 11 is 9.55. The molecule has 2 rings (SSSR count). The Morgan fingerprint density at radius 1 is 1.35 bits per heavy atom. The molecule has 1 saturated heterocycles. The second-order valence-corrected chi connectivity index (χ2v) is 5.52. The normalized spacial score (nSPS) is 16.7. The number of halogens is 4. The highest BCUT2D eigenvalue weighted by Crippen LogP contribution is 2.39. The van der Waals surface area contributed by atoms with E-state index in [-0.39, 0.29) is 36.6 Å². The third-order valence-electron chi connectivity index (χ3n) is 3.18. The standard InChI is InChI=1S/C13H16BrClN2O.2ClH/c1-2-11(17-7-5-16-6-8-17)12-10(15)4-3-9(14)13(12)18;;/h2-4,11,16,18H,1,5-8H2;2*1H/t11-;;/m0../s1. The molecule has 114 valence electrons. The van der Waals surface area contributed by atoms with Crippen LogP contribution in [0.1, 0.15) is 11.6 Å². The zero-order valence-electron chi connectivity index (χ0n) is 10.8. The number of hydrogen-bond acceptors (Lipinski definition) is 3. The molecular weight excluding hydrogens is 386 g/mol. The van der Waals surface area contributed by atoms with Crippen LogP contribution in [0.4, 0.5) is 0 Å². The van der Waals surface area contributed by atoms with E-state index in [4.69, 9.17) is 11.6 Å². The van der Waals surface area contributed by atoms with Crippen LogP contribution in [0.5, 0.6) is 5.75 Å². The maximum absolute atomic E-state index is 10.2. The van der Waals surface area contributed by atoms with Crippen molar-refractivity contribution in [3.63, 3.8) is 0 Å². The summed E-state index contributed by atoms with van der Waals surface area (Å²) in [5.74, 6) is 0.200. The quantitative estimate of drug-likeness (QED) is 0.753. The highest BCUT2D eigenvalue weighted by Gasteiger charge is 2.25. The molecule has 3 nitrogen and oxygen atoms in total. The average molecular weight is 405 g/mol. The molecule has 0 amide bonds. The Morgan fingerprint density at radius 3 is 2.50 bits per heavy atom. The number of piperazine rings is 1. The summed E-state index contributed by atoms with van der Waals surface area (Å²) in [7, 11) is 0. The van der Waals surface area contributed by atoms with E-state index in [9.17, 15) is 5.11 Å². The molecule has 0 saturated carbocycles. The van der Waals surface area contributed by atoms with E-state index >= 15 is 0 Å². The lowest BCUT2D eigenvalue weighted by atomic mass is 10.0. The zero-order chi connectivity index (χ0) is 13.1. The number of phenols is 1. The molecule has 0 bridgehead atoms. The lowest BCUT2D eigenvalue weighted by molar-refractivity contribution is 0.201. The molecule has 0 unspecified atom stereocenters. The maximum Gasteiger partial charge on any atom is 0.136 e. The molecule has 0 aromatic heterocycles. The molecule has 1 heterocycles. The van der Waals surface area contributed by atoms with Crippen LogP contribution in [0.2, 0.25) is 5.02 Å². The Balaban J connectivity index is 0.00000180. The lowest BCUT2D eigenvalue weighted by Crippen LogP contribution is -2.44. The van der Waals surface area contributed by atoms with Crippen LogP contribution >= 0.6 is 52.3 Å². The molecule has 2 N–H and O–H groups in total. The average Bonchev–Trinajstić information content (AvgIpc) is 2.40. The molecule has 1 aliphatic rings. The van der Waals surface area contributed by atoms with Gasteiger partial charge in [-0.05, 0) is 28.1 Å². The fourth-order valence-corrected chi connectivity index (χ4v) is 2.86. The lowest BCUT2D eigenvalue weighted by Gasteiger charge is -2.34. The number of nitrogens with zero attached hydrogens (tertiary/aromatic N) is 1. The van der Waals surface area contributed by atoms with Crippen molar-refractivity contribution >= 4 is 52.3 Å². The SMILES string of the molecule is C=C[C@@H](c1c(Cl)ccc(Br)c1O)N1CCNCC1.Cl.Cl. The Hall–Kier alpha value is 0.0300. The van der Waals surface area contributed by atoms with Crippen molar-refractivity contribution < 1.29 is 5.11 Å². The van der Waals surface area contributed by atoms with E-state index in [0.29, 0.717) is 9.50 Å². The first-order valence-electron chi connectivity index (χ1n) is 5.89. The van der Waals surface area contributed by atoms with Gasteiger partial charge in [-0.25, -0.2) is 0 Å². The van der Waals surface area contributed by atoms with Crippen LogP contribution in [0, 0.1) is 0 Å². The Bertz CT molecular complexity index is 453. The van der Waals surface area contributed by atoms with Crippen molar-refractivity contribution in [2.75, 3.05) is 26.2 Å². The Labute approximate surface area is 145 Å². The molecule has 1 atom stereocenters. The maximum atomic E-state index is 10.2. The number of nitrogens with one attached hydrogen (secondary N) is 1. The predicted molar refractivity (Wildman–Crippen MR) is 92.7 cm³/mol. The predicted octanol–water partition coefficient (Wildman–Crippen LogP) is 3.78. The third kappa shape index (κ3) is 4.26. The molecule has 0 aliphatic carbocycles. The minimum absolute atomic E-state index is 0. The number of aromatic hydroxyl groups is 1. The van der Waals surface area contributed by atoms with Crippen molar-refractivity contribution in [3.8, 4) is 5.75 Å². The molecule has 7 heteroatoms. The third-order valence-corrected chi connectivity index (χ3v) is 4.15. The Kier molecular flexibility index (Phi) is 9.14. The molecule has 1 aromatic rings. The van der Waals surface area contributed by atoms with Gasteiger partial charge in [0.1, 0.15) is 5.75 Å². The van der Waals surface area contributed by atoms with Crippen LogP contribution in [0.3, 0.4) is 0 Å². The van der Waals surface area contributed by atoms with Crippen molar-refractivity contribution in [3.05, 3.63) is 39.8 Å². The molecule has 0 radical (unpaired) electrons. The van der Waals surface area contributed by atoms with Crippen molar-refractivity contribution in [1.29, 1.82) is 0 Å². The summed E-state index contributed by atoms with van der Waals surface area (Å²) in [6.07, 6.45) is 1.83. The van der Waals surface area contributed by atoms with Gasteiger partial charge in [-0.15, -0.1) is 31.4 Å². The van der Waals surface area contributed by atoms with Gasteiger partial charge in [0.15, 0.2) is 0 Å². The fraction of sp³-hybridized carbons (Fsp3) is 0.385. The smallest absolute Gasteiger partial charge is 0.136 e. The number of rotatable bonds is 3. The van der Waals surface area contributed by atoms with Gasteiger partial charge in [-0.2, -0.15) is 0 Å². The van der Waals surface area contributed by atoms with Gasteiger partial charge >= 0.3 is 0 Å². The minimum atomic E-state index is -0.0582. The number of phenolic OH excluding ortho intramolecular Hbond substituents is 1. The van der Waals surface area contributed by atoms with E-state index in [1.807, 2.05) is 6.08 Å². The van der Waals surface area contributed by atoms with E-state index in [1.54, 1.807) is 12.1 Å². The minimum Gasteiger partial charge on any atom is -0.506 e. The van der Waals surface area contributed by atoms with E-state index in [1.165, 1.54) is 0 Å². The van der Waals surface area contributed by atoms with Gasteiger partial charge in [0.05, 0.1) is 10.5 Å². The van der Waals surface area contributed by atoms with Gasteiger partial charge in [0.25, 0.3) is 0 Å². The highest BCUT2D eigenvalue weighted by atomic mass is 79.9. The highest BCUT2D eigenvalue weighted by molar-refractivity contribution is 9.10. The van der Waals surface area contributed by atoms with Crippen LogP contribution in [-0.4, -0.2) is 36.2 Å². The molecule has 20 heavy (non-hydrogen) atoms. The van der Waals surface area contributed by atoms with E-state index in [2.05, 4.69) is 32.7 Å². The molecule has 1 aliphatic heterocycles. The summed E-state index contributed by atoms with van der Waals surface area (Å²) in [6, 6.07) is 3.48. The monoisotopic (exact) mass is 402 g/mol. The summed E-state index contributed by atoms with van der Waals surface area (Å²) in [6.45, 7) is 7.59. The fourth-order valence-electron chi connectivity index (χ4n) is 2.25. The van der Waals surface area contributed by atoms with Crippen molar-refractivity contribution in [2.24, 2.45) is 0 Å². The van der Waals surface area contributed by atoms with Crippen LogP contribution < -0.4 is 5.32 Å². The van der Waals surface area contributed by atoms with Crippen LogP contribution in [-0.2, 0) is 0 Å². The van der Waals surface area contributed by atoms with Crippen LogP contribution in [0.15, 0.2) is 29.3 Å². The summed E-state index contributed by atoms with van der Waals surface area (Å²) < 4.78 is 0.656. The van der Waals surface area contributed by atoms with E-state index in [0.717, 1.165) is 31.7 Å². The second-order valence-electron chi connectivity index (χ2n) is 4.26. The van der Waals surface area contributed by atoms with Crippen molar-refractivity contribution in [1.82, 2.24) is 10.2 Å². The van der Waals surface area contributed by atoms with Gasteiger partial charge in [-0.1, -0.05) is 17.7 Å². The van der Waals surface area contributed by atoms with Gasteiger partial charge in [0, 0.05) is 36.8 Å². The zero-order valence-corrected chi connectivity index (χ0v) is 14.8. The first-order chi connectivity index (χ1) is 8.65. The first kappa shape index (κ1) is 20.0. The van der Waals surface area contributed by atoms with E-state index < -0.39 is 0 Å². The largest absolute Gasteiger partial charge is 0.506 e. The summed E-state index contributed by atoms with van der Waals surface area (Å²) in [5.41, 5.74) is 0.725. The molecule has 0 spiro atoms. The Morgan fingerprint density at radius 2 is 1.95 bits per heavy atom. The van der Waals surface area contributed by atoms with Gasteiger partial charge in [0.2, 0.25) is 0 Å². The molecule has 1 aromatic carbocycles. The van der Waals surface area contributed by atoms with Crippen LogP contribution in [0.25, 0.3) is 0 Å².